The third-order valence-electron chi connectivity index (χ3n) is 2.31. The second-order valence-electron chi connectivity index (χ2n) is 4.17. The highest BCUT2D eigenvalue weighted by Gasteiger charge is 2.13. The van der Waals surface area contributed by atoms with Gasteiger partial charge in [0.05, 0.1) is 17.3 Å². The molecule has 4 nitrogen and oxygen atoms in total. The standard InChI is InChI=1S/C11H18N2O2S/c1-7(4-8(2)14)5-12-11(15)10-9(3)13-6-16-10/h6-8,14H,4-5H2,1-3H3,(H,12,15). The van der Waals surface area contributed by atoms with E-state index in [2.05, 4.69) is 10.3 Å². The molecular weight excluding hydrogens is 224 g/mol. The molecule has 0 radical (unpaired) electrons. The molecule has 90 valence electrons. The summed E-state index contributed by atoms with van der Waals surface area (Å²) in [5, 5.41) is 12.0. The van der Waals surface area contributed by atoms with Gasteiger partial charge in [-0.25, -0.2) is 4.98 Å². The lowest BCUT2D eigenvalue weighted by molar-refractivity contribution is 0.0942. The molecule has 16 heavy (non-hydrogen) atoms. The van der Waals surface area contributed by atoms with Crippen LogP contribution in [-0.4, -0.2) is 28.6 Å². The normalized spacial score (nSPS) is 14.5. The minimum Gasteiger partial charge on any atom is -0.393 e. The van der Waals surface area contributed by atoms with E-state index in [1.165, 1.54) is 11.3 Å². The first-order valence-corrected chi connectivity index (χ1v) is 6.25. The summed E-state index contributed by atoms with van der Waals surface area (Å²) in [6.07, 6.45) is 0.374. The Bertz CT molecular complexity index is 350. The summed E-state index contributed by atoms with van der Waals surface area (Å²) in [4.78, 5) is 16.4. The summed E-state index contributed by atoms with van der Waals surface area (Å²) < 4.78 is 0. The van der Waals surface area contributed by atoms with Crippen molar-refractivity contribution in [2.45, 2.75) is 33.3 Å². The van der Waals surface area contributed by atoms with Crippen LogP contribution in [0.4, 0.5) is 0 Å². The molecular formula is C11H18N2O2S. The highest BCUT2D eigenvalue weighted by Crippen LogP contribution is 2.12. The van der Waals surface area contributed by atoms with Crippen LogP contribution in [-0.2, 0) is 0 Å². The van der Waals surface area contributed by atoms with Crippen molar-refractivity contribution in [2.75, 3.05) is 6.54 Å². The average molecular weight is 242 g/mol. The fourth-order valence-electron chi connectivity index (χ4n) is 1.53. The quantitative estimate of drug-likeness (QED) is 0.824. The van der Waals surface area contributed by atoms with Gasteiger partial charge in [0.25, 0.3) is 5.91 Å². The maximum Gasteiger partial charge on any atom is 0.263 e. The molecule has 1 heterocycles. The molecule has 2 atom stereocenters. The average Bonchev–Trinajstić information content (AvgIpc) is 2.60. The van der Waals surface area contributed by atoms with Crippen LogP contribution in [0, 0.1) is 12.8 Å². The second kappa shape index (κ2) is 5.96. The molecule has 0 aromatic carbocycles. The van der Waals surface area contributed by atoms with E-state index in [1.807, 2.05) is 13.8 Å². The van der Waals surface area contributed by atoms with Crippen LogP contribution in [0.5, 0.6) is 0 Å². The molecule has 2 unspecified atom stereocenters. The van der Waals surface area contributed by atoms with Gasteiger partial charge in [-0.3, -0.25) is 4.79 Å². The van der Waals surface area contributed by atoms with Crippen LogP contribution in [0.1, 0.15) is 35.6 Å². The van der Waals surface area contributed by atoms with Crippen molar-refractivity contribution < 1.29 is 9.90 Å². The van der Waals surface area contributed by atoms with Crippen molar-refractivity contribution in [3.05, 3.63) is 16.1 Å². The van der Waals surface area contributed by atoms with Gasteiger partial charge in [0.2, 0.25) is 0 Å². The Morgan fingerprint density at radius 1 is 1.62 bits per heavy atom. The smallest absolute Gasteiger partial charge is 0.263 e. The molecule has 1 aromatic heterocycles. The van der Waals surface area contributed by atoms with Gasteiger partial charge >= 0.3 is 0 Å². The molecule has 0 saturated heterocycles. The lowest BCUT2D eigenvalue weighted by atomic mass is 10.0. The van der Waals surface area contributed by atoms with E-state index in [0.29, 0.717) is 17.8 Å². The Kier molecular flexibility index (Phi) is 4.89. The highest BCUT2D eigenvalue weighted by molar-refractivity contribution is 7.11. The predicted octanol–water partition coefficient (Wildman–Crippen LogP) is 1.59. The maximum absolute atomic E-state index is 11.7. The van der Waals surface area contributed by atoms with Crippen LogP contribution in [0.15, 0.2) is 5.51 Å². The molecule has 2 N–H and O–H groups in total. The lowest BCUT2D eigenvalue weighted by Crippen LogP contribution is -2.29. The minimum absolute atomic E-state index is 0.0718. The van der Waals surface area contributed by atoms with E-state index in [-0.39, 0.29) is 17.9 Å². The van der Waals surface area contributed by atoms with Crippen LogP contribution < -0.4 is 5.32 Å². The third kappa shape index (κ3) is 3.90. The van der Waals surface area contributed by atoms with Gasteiger partial charge in [-0.15, -0.1) is 11.3 Å². The van der Waals surface area contributed by atoms with E-state index in [4.69, 9.17) is 0 Å². The number of hydrogen-bond acceptors (Lipinski definition) is 4. The number of aromatic nitrogens is 1. The van der Waals surface area contributed by atoms with Crippen LogP contribution >= 0.6 is 11.3 Å². The number of nitrogens with one attached hydrogen (secondary N) is 1. The van der Waals surface area contributed by atoms with Crippen molar-refractivity contribution in [3.8, 4) is 0 Å². The van der Waals surface area contributed by atoms with Gasteiger partial charge in [0.15, 0.2) is 0 Å². The Balaban J connectivity index is 2.39. The number of amides is 1. The second-order valence-corrected chi connectivity index (χ2v) is 5.02. The predicted molar refractivity (Wildman–Crippen MR) is 64.6 cm³/mol. The zero-order chi connectivity index (χ0) is 12.1. The molecule has 1 aromatic rings. The number of carbonyl (C=O) groups excluding carboxylic acids is 1. The number of aliphatic hydroxyl groups is 1. The van der Waals surface area contributed by atoms with Gasteiger partial charge in [0, 0.05) is 6.54 Å². The lowest BCUT2D eigenvalue weighted by Gasteiger charge is -2.13. The Hall–Kier alpha value is -0.940. The van der Waals surface area contributed by atoms with Gasteiger partial charge in [-0.1, -0.05) is 6.92 Å². The molecule has 1 amide bonds. The number of rotatable bonds is 5. The van der Waals surface area contributed by atoms with Gasteiger partial charge in [-0.05, 0) is 26.2 Å². The monoisotopic (exact) mass is 242 g/mol. The first-order chi connectivity index (χ1) is 7.50. The zero-order valence-electron chi connectivity index (χ0n) is 9.86. The third-order valence-corrected chi connectivity index (χ3v) is 3.23. The van der Waals surface area contributed by atoms with Crippen molar-refractivity contribution in [1.29, 1.82) is 0 Å². The molecule has 1 rings (SSSR count). The highest BCUT2D eigenvalue weighted by atomic mass is 32.1. The number of carbonyl (C=O) groups is 1. The van der Waals surface area contributed by atoms with Crippen molar-refractivity contribution in [3.63, 3.8) is 0 Å². The Morgan fingerprint density at radius 3 is 2.81 bits per heavy atom. The summed E-state index contributed by atoms with van der Waals surface area (Å²) >= 11 is 1.35. The molecule has 0 saturated carbocycles. The molecule has 5 heteroatoms. The number of aliphatic hydroxyl groups excluding tert-OH is 1. The Morgan fingerprint density at radius 2 is 2.31 bits per heavy atom. The first kappa shape index (κ1) is 13.1. The fourth-order valence-corrected chi connectivity index (χ4v) is 2.25. The van der Waals surface area contributed by atoms with Crippen molar-refractivity contribution in [2.24, 2.45) is 5.92 Å². The SMILES string of the molecule is Cc1ncsc1C(=O)NCC(C)CC(C)O. The van der Waals surface area contributed by atoms with Gasteiger partial charge < -0.3 is 10.4 Å². The fraction of sp³-hybridized carbons (Fsp3) is 0.636. The number of nitrogens with zero attached hydrogens (tertiary/aromatic N) is 1. The molecule has 0 aliphatic heterocycles. The zero-order valence-corrected chi connectivity index (χ0v) is 10.7. The summed E-state index contributed by atoms with van der Waals surface area (Å²) in [5.41, 5.74) is 2.44. The van der Waals surface area contributed by atoms with Crippen molar-refractivity contribution >= 4 is 17.2 Å². The van der Waals surface area contributed by atoms with Crippen LogP contribution in [0.3, 0.4) is 0 Å². The summed E-state index contributed by atoms with van der Waals surface area (Å²) in [6, 6.07) is 0. The van der Waals surface area contributed by atoms with Crippen LogP contribution in [0.25, 0.3) is 0 Å². The maximum atomic E-state index is 11.7. The van der Waals surface area contributed by atoms with E-state index < -0.39 is 0 Å². The Labute approximate surface area is 99.7 Å². The van der Waals surface area contributed by atoms with E-state index in [9.17, 15) is 9.90 Å². The minimum atomic E-state index is -0.322. The molecule has 0 aliphatic rings. The first-order valence-electron chi connectivity index (χ1n) is 5.37. The molecule has 0 fully saturated rings. The van der Waals surface area contributed by atoms with Crippen molar-refractivity contribution in [1.82, 2.24) is 10.3 Å². The van der Waals surface area contributed by atoms with E-state index in [1.54, 1.807) is 12.4 Å². The summed E-state index contributed by atoms with van der Waals surface area (Å²) in [7, 11) is 0. The van der Waals surface area contributed by atoms with E-state index >= 15 is 0 Å². The molecule has 0 spiro atoms. The number of hydrogen-bond donors (Lipinski definition) is 2. The van der Waals surface area contributed by atoms with Gasteiger partial charge in [-0.2, -0.15) is 0 Å². The summed E-state index contributed by atoms with van der Waals surface area (Å²) in [6.45, 7) is 6.17. The molecule has 0 bridgehead atoms. The summed E-state index contributed by atoms with van der Waals surface area (Å²) in [5.74, 6) is 0.203. The topological polar surface area (TPSA) is 62.2 Å². The largest absolute Gasteiger partial charge is 0.393 e. The number of aryl methyl sites for hydroxylation is 1. The van der Waals surface area contributed by atoms with Gasteiger partial charge in [0.1, 0.15) is 4.88 Å². The number of thiazole rings is 1. The van der Waals surface area contributed by atoms with Crippen LogP contribution in [0.2, 0.25) is 0 Å². The molecule has 0 aliphatic carbocycles. The van der Waals surface area contributed by atoms with E-state index in [0.717, 1.165) is 5.69 Å².